The Kier molecular flexibility index (Phi) is 6.22. The number of rotatable bonds is 4. The van der Waals surface area contributed by atoms with Crippen LogP contribution < -0.4 is 11.1 Å². The number of benzene rings is 1. The number of carbonyl (C=O) groups excluding carboxylic acids is 1. The molecule has 4 heterocycles. The predicted molar refractivity (Wildman–Crippen MR) is 138 cm³/mol. The zero-order valence-corrected chi connectivity index (χ0v) is 19.8. The van der Waals surface area contributed by atoms with Crippen LogP contribution in [0.15, 0.2) is 40.3 Å². The molecule has 0 spiro atoms. The number of aryl methyl sites for hydroxylation is 1. The van der Waals surface area contributed by atoms with Gasteiger partial charge in [-0.1, -0.05) is 6.07 Å². The third-order valence-corrected chi connectivity index (χ3v) is 6.78. The number of nitrogens with two attached hydrogens (primary N) is 1. The molecule has 0 unspecified atom stereocenters. The fourth-order valence-electron chi connectivity index (χ4n) is 3.91. The number of hydrogen-bond donors (Lipinski definition) is 2. The van der Waals surface area contributed by atoms with Crippen LogP contribution in [-0.2, 0) is 0 Å². The summed E-state index contributed by atoms with van der Waals surface area (Å²) in [5, 5.41) is 23.3. The van der Waals surface area contributed by atoms with Gasteiger partial charge in [0.05, 0.1) is 28.4 Å². The molecule has 1 amide bonds. The van der Waals surface area contributed by atoms with Crippen molar-refractivity contribution in [3.63, 3.8) is 0 Å². The summed E-state index contributed by atoms with van der Waals surface area (Å²) in [6.45, 7) is 4.92. The average molecular weight is 493 g/mol. The zero-order valence-electron chi connectivity index (χ0n) is 19.0. The lowest BCUT2D eigenvalue weighted by molar-refractivity contribution is 0.0766. The molecule has 35 heavy (non-hydrogen) atoms. The molecule has 1 saturated heterocycles. The molecular formula is C24H28N8O2S. The van der Waals surface area contributed by atoms with Crippen LogP contribution in [0, 0.1) is 18.3 Å². The summed E-state index contributed by atoms with van der Waals surface area (Å²) >= 11 is 1.50. The summed E-state index contributed by atoms with van der Waals surface area (Å²) in [6, 6.07) is 9.16. The van der Waals surface area contributed by atoms with Crippen LogP contribution in [0.3, 0.4) is 0 Å². The largest absolute Gasteiger partial charge is 0.414 e. The van der Waals surface area contributed by atoms with E-state index in [-0.39, 0.29) is 27.6 Å². The van der Waals surface area contributed by atoms with Gasteiger partial charge in [0.2, 0.25) is 0 Å². The number of nitrogen functional groups attached to an aromatic ring is 1. The summed E-state index contributed by atoms with van der Waals surface area (Å²) in [5.41, 5.74) is 9.05. The van der Waals surface area contributed by atoms with E-state index in [0.29, 0.717) is 41.4 Å². The van der Waals surface area contributed by atoms with Crippen LogP contribution in [0.5, 0.6) is 0 Å². The number of amides is 1. The van der Waals surface area contributed by atoms with Crippen LogP contribution in [0.25, 0.3) is 33.6 Å². The zero-order chi connectivity index (χ0) is 24.4. The number of anilines is 1. The Morgan fingerprint density at radius 1 is 1.26 bits per heavy atom. The molecule has 4 aromatic rings. The van der Waals surface area contributed by atoms with Gasteiger partial charge in [0, 0.05) is 35.0 Å². The van der Waals surface area contributed by atoms with Gasteiger partial charge in [0.1, 0.15) is 0 Å². The highest BCUT2D eigenvalue weighted by atomic mass is 32.1. The van der Waals surface area contributed by atoms with Crippen LogP contribution in [-0.4, -0.2) is 57.2 Å². The number of thiophene rings is 1. The van der Waals surface area contributed by atoms with Crippen molar-refractivity contribution in [1.82, 2.24) is 30.4 Å². The number of hydrogen-bond acceptors (Lipinski definition) is 10. The first-order chi connectivity index (χ1) is 17.0. The minimum atomic E-state index is -0.0944. The van der Waals surface area contributed by atoms with E-state index in [1.54, 1.807) is 23.1 Å². The third-order valence-electron chi connectivity index (χ3n) is 5.77. The van der Waals surface area contributed by atoms with Crippen LogP contribution in [0.4, 0.5) is 5.82 Å². The van der Waals surface area contributed by atoms with Crippen LogP contribution in [0.1, 0.15) is 32.2 Å². The lowest BCUT2D eigenvalue weighted by Crippen LogP contribution is -2.34. The van der Waals surface area contributed by atoms with Crippen molar-refractivity contribution in [2.45, 2.75) is 13.3 Å². The van der Waals surface area contributed by atoms with E-state index in [9.17, 15) is 10.1 Å². The monoisotopic (exact) mass is 492 g/mol. The van der Waals surface area contributed by atoms with Crippen molar-refractivity contribution in [3.8, 4) is 39.7 Å². The van der Waals surface area contributed by atoms with Gasteiger partial charge in [-0.15, -0.1) is 21.5 Å². The molecule has 0 radical (unpaired) electrons. The second kappa shape index (κ2) is 9.61. The summed E-state index contributed by atoms with van der Waals surface area (Å²) in [4.78, 5) is 24.5. The quantitative estimate of drug-likeness (QED) is 0.433. The first kappa shape index (κ1) is 22.6. The summed E-state index contributed by atoms with van der Waals surface area (Å²) in [5.74, 6) is 0.554. The van der Waals surface area contributed by atoms with Crippen molar-refractivity contribution in [3.05, 3.63) is 52.5 Å². The molecule has 3 N–H and O–H groups in total. The van der Waals surface area contributed by atoms with E-state index < -0.39 is 0 Å². The van der Waals surface area contributed by atoms with Gasteiger partial charge in [-0.25, -0.2) is 9.97 Å². The maximum atomic E-state index is 13.0. The minimum Gasteiger partial charge on any atom is -0.414 e. The molecule has 0 aliphatic carbocycles. The molecular weight excluding hydrogens is 464 g/mol. The smallest absolute Gasteiger partial charge is 0.270 e. The molecule has 11 heteroatoms. The van der Waals surface area contributed by atoms with Crippen molar-refractivity contribution < 1.29 is 13.5 Å². The van der Waals surface area contributed by atoms with Gasteiger partial charge < -0.3 is 20.4 Å². The Labute approximate surface area is 209 Å². The Morgan fingerprint density at radius 2 is 2.11 bits per heavy atom. The van der Waals surface area contributed by atoms with E-state index >= 15 is 0 Å². The molecule has 0 atom stereocenters. The van der Waals surface area contributed by atoms with Gasteiger partial charge in [0.15, 0.2) is 11.5 Å². The van der Waals surface area contributed by atoms with E-state index in [2.05, 4.69) is 31.6 Å². The lowest BCUT2D eigenvalue weighted by Gasteiger charge is -2.20. The minimum absolute atomic E-state index is 0. The lowest BCUT2D eigenvalue weighted by atomic mass is 10.0. The molecule has 1 aromatic carbocycles. The second-order valence-corrected chi connectivity index (χ2v) is 9.02. The van der Waals surface area contributed by atoms with Crippen molar-refractivity contribution in [2.75, 3.05) is 31.9 Å². The van der Waals surface area contributed by atoms with Gasteiger partial charge in [-0.05, 0) is 49.0 Å². The highest BCUT2D eigenvalue weighted by Crippen LogP contribution is 2.32. The molecule has 0 bridgehead atoms. The summed E-state index contributed by atoms with van der Waals surface area (Å²) < 4.78 is 5.84. The first-order valence-corrected chi connectivity index (χ1v) is 12.0. The first-order valence-electron chi connectivity index (χ1n) is 11.1. The fourth-order valence-corrected chi connectivity index (χ4v) is 4.76. The summed E-state index contributed by atoms with van der Waals surface area (Å²) in [6.07, 6.45) is 2.37. The number of carbonyl (C=O) groups is 1. The van der Waals surface area contributed by atoms with E-state index in [4.69, 9.17) is 10.2 Å². The van der Waals surface area contributed by atoms with Gasteiger partial charge >= 0.3 is 0 Å². The Hall–Kier alpha value is -4.14. The van der Waals surface area contributed by atoms with Crippen molar-refractivity contribution in [2.24, 2.45) is 0 Å². The highest BCUT2D eigenvalue weighted by Gasteiger charge is 2.21. The van der Waals surface area contributed by atoms with E-state index in [0.717, 1.165) is 30.0 Å². The molecule has 0 saturated carbocycles. The van der Waals surface area contributed by atoms with E-state index in [1.807, 2.05) is 18.4 Å². The third kappa shape index (κ3) is 4.49. The van der Waals surface area contributed by atoms with Gasteiger partial charge in [0.25, 0.3) is 17.7 Å². The van der Waals surface area contributed by atoms with E-state index in [1.165, 1.54) is 17.5 Å². The Bertz CT molecular complexity index is 1440. The number of aromatic nitrogens is 4. The molecule has 3 aromatic heterocycles. The van der Waals surface area contributed by atoms with Crippen LogP contribution in [0.2, 0.25) is 0 Å². The normalized spacial score (nSPS) is 13.9. The van der Waals surface area contributed by atoms with Crippen LogP contribution >= 0.6 is 11.3 Å². The molecule has 10 nitrogen and oxygen atoms in total. The Morgan fingerprint density at radius 3 is 2.91 bits per heavy atom. The summed E-state index contributed by atoms with van der Waals surface area (Å²) in [7, 11) is 0. The number of nitrogens with one attached hydrogen (secondary N) is 1. The van der Waals surface area contributed by atoms with Gasteiger partial charge in [-0.3, -0.25) is 4.79 Å². The molecule has 1 fully saturated rings. The Balaban J connectivity index is 0.00000169. The second-order valence-electron chi connectivity index (χ2n) is 8.10. The highest BCUT2D eigenvalue weighted by molar-refractivity contribution is 7.13. The predicted octanol–water partition coefficient (Wildman–Crippen LogP) is 3.86. The maximum Gasteiger partial charge on any atom is 0.270 e. The fraction of sp³-hybridized carbons (Fsp3) is 0.250. The number of nitrogens with zero attached hydrogens (tertiary/aromatic N) is 6. The SMILES string of the molecule is Cc1ccsc1-c1nnc(-c2nc(-c3ccc(C(=O)N4CCCNCC4)cc3C#N)cnc2N)o1.[HH].[HH].[HH]. The molecule has 1 aliphatic heterocycles. The van der Waals surface area contributed by atoms with Gasteiger partial charge in [-0.2, -0.15) is 5.26 Å². The number of nitriles is 1. The average Bonchev–Trinajstić information content (AvgIpc) is 3.44. The topological polar surface area (TPSA) is 147 Å². The van der Waals surface area contributed by atoms with Crippen molar-refractivity contribution in [1.29, 1.82) is 5.26 Å². The molecule has 5 rings (SSSR count). The maximum absolute atomic E-state index is 13.0. The van der Waals surface area contributed by atoms with Crippen molar-refractivity contribution >= 4 is 23.1 Å². The molecule has 182 valence electrons. The standard InChI is InChI=1S/C24H22N8O2S.3H2/c1-14-5-10-35-20(14)23-31-30-22(34-23)19-21(26)28-13-18(29-19)17-4-3-15(11-16(17)12-25)24(33)32-8-2-6-27-7-9-32;;;/h3-5,10-11,13,27H,2,6-9H2,1H3,(H2,26,28);3*1H. The molecule has 1 aliphatic rings.